The normalized spacial score (nSPS) is 13.0. The van der Waals surface area contributed by atoms with Crippen molar-refractivity contribution >= 4 is 40.4 Å². The van der Waals surface area contributed by atoms with Crippen molar-refractivity contribution in [2.45, 2.75) is 19.6 Å². The van der Waals surface area contributed by atoms with Gasteiger partial charge in [0.15, 0.2) is 5.57 Å². The lowest BCUT2D eigenvalue weighted by Gasteiger charge is -2.07. The van der Waals surface area contributed by atoms with Gasteiger partial charge in [-0.15, -0.1) is 11.3 Å². The number of rotatable bonds is 5. The number of thiazole rings is 1. The van der Waals surface area contributed by atoms with E-state index in [-0.39, 0.29) is 15.7 Å². The van der Waals surface area contributed by atoms with Crippen LogP contribution in [0.1, 0.15) is 6.92 Å². The molecule has 0 saturated heterocycles. The summed E-state index contributed by atoms with van der Waals surface area (Å²) in [7, 11) is 0. The number of nitrogens with one attached hydrogen (secondary N) is 2. The third-order valence-electron chi connectivity index (χ3n) is 3.48. The van der Waals surface area contributed by atoms with Crippen LogP contribution in [0.5, 0.6) is 0 Å². The number of amides is 1. The number of nitriles is 1. The summed E-state index contributed by atoms with van der Waals surface area (Å²) in [6.45, 7) is 0.179. The standard InChI is InChI=1S/C17H16F3N5O2S/c1-2-25-15(27)13(8-23-11-5-3-4-10(22)6-11)28-16(25)12(7-21)14(26)24-9-17(18,19)20/h3-6,8,23H,2,9,22H2,1H3,(H,24,26)/b13-8+,16-12-. The van der Waals surface area contributed by atoms with Crippen LogP contribution in [0.4, 0.5) is 24.5 Å². The maximum atomic E-state index is 12.5. The summed E-state index contributed by atoms with van der Waals surface area (Å²) in [5, 5.41) is 13.8. The molecule has 1 aromatic carbocycles. The number of carbonyl (C=O) groups excluding carboxylic acids is 1. The summed E-state index contributed by atoms with van der Waals surface area (Å²) in [4.78, 5) is 24.5. The first kappa shape index (κ1) is 21.0. The summed E-state index contributed by atoms with van der Waals surface area (Å²) < 4.78 is 38.2. The van der Waals surface area contributed by atoms with Crippen molar-refractivity contribution in [3.8, 4) is 6.07 Å². The van der Waals surface area contributed by atoms with Crippen LogP contribution in [0.3, 0.4) is 0 Å². The number of halogens is 3. The average molecular weight is 411 g/mol. The van der Waals surface area contributed by atoms with Gasteiger partial charge in [0.05, 0.1) is 0 Å². The third kappa shape index (κ3) is 5.14. The third-order valence-corrected chi connectivity index (χ3v) is 4.61. The van der Waals surface area contributed by atoms with Crippen LogP contribution in [-0.4, -0.2) is 23.2 Å². The number of nitrogens with zero attached hydrogens (tertiary/aromatic N) is 2. The van der Waals surface area contributed by atoms with Gasteiger partial charge in [0.1, 0.15) is 21.8 Å². The lowest BCUT2D eigenvalue weighted by molar-refractivity contribution is -0.135. The summed E-state index contributed by atoms with van der Waals surface area (Å²) in [6.07, 6.45) is -3.23. The van der Waals surface area contributed by atoms with Gasteiger partial charge >= 0.3 is 6.18 Å². The van der Waals surface area contributed by atoms with Gasteiger partial charge in [0.2, 0.25) is 0 Å². The predicted molar refractivity (Wildman–Crippen MR) is 101 cm³/mol. The molecular formula is C17H16F3N5O2S. The Morgan fingerprint density at radius 1 is 1.43 bits per heavy atom. The molecule has 1 amide bonds. The predicted octanol–water partition coefficient (Wildman–Crippen LogP) is 0.715. The number of benzene rings is 1. The molecule has 148 valence electrons. The van der Waals surface area contributed by atoms with Gasteiger partial charge in [0, 0.05) is 24.1 Å². The maximum Gasteiger partial charge on any atom is 0.405 e. The Labute approximate surface area is 161 Å². The highest BCUT2D eigenvalue weighted by Gasteiger charge is 2.28. The van der Waals surface area contributed by atoms with Gasteiger partial charge in [-0.25, -0.2) is 0 Å². The van der Waals surface area contributed by atoms with Gasteiger partial charge in [-0.3, -0.25) is 14.2 Å². The summed E-state index contributed by atoms with van der Waals surface area (Å²) in [5.41, 5.74) is 5.77. The van der Waals surface area contributed by atoms with Crippen molar-refractivity contribution in [2.75, 3.05) is 17.6 Å². The van der Waals surface area contributed by atoms with E-state index in [4.69, 9.17) is 5.73 Å². The van der Waals surface area contributed by atoms with Crippen LogP contribution in [0.15, 0.2) is 29.1 Å². The quantitative estimate of drug-likeness (QED) is 0.628. The molecule has 0 bridgehead atoms. The van der Waals surface area contributed by atoms with Crippen LogP contribution in [0, 0.1) is 11.3 Å². The van der Waals surface area contributed by atoms with Crippen molar-refractivity contribution in [1.82, 2.24) is 9.88 Å². The van der Waals surface area contributed by atoms with Crippen molar-refractivity contribution in [2.24, 2.45) is 0 Å². The zero-order valence-electron chi connectivity index (χ0n) is 14.6. The van der Waals surface area contributed by atoms with E-state index >= 15 is 0 Å². The van der Waals surface area contributed by atoms with Crippen molar-refractivity contribution in [1.29, 1.82) is 5.26 Å². The largest absolute Gasteiger partial charge is 0.405 e. The van der Waals surface area contributed by atoms with Crippen LogP contribution >= 0.6 is 11.3 Å². The minimum absolute atomic E-state index is 0.0182. The Morgan fingerprint density at radius 2 is 2.14 bits per heavy atom. The van der Waals surface area contributed by atoms with E-state index < -0.39 is 29.8 Å². The fourth-order valence-electron chi connectivity index (χ4n) is 2.23. The second kappa shape index (κ2) is 8.62. The smallest absolute Gasteiger partial charge is 0.399 e. The van der Waals surface area contributed by atoms with E-state index in [9.17, 15) is 28.0 Å². The van der Waals surface area contributed by atoms with E-state index in [0.717, 1.165) is 15.9 Å². The zero-order valence-corrected chi connectivity index (χ0v) is 15.4. The van der Waals surface area contributed by atoms with E-state index in [2.05, 4.69) is 5.32 Å². The highest BCUT2D eigenvalue weighted by Crippen LogP contribution is 2.13. The SMILES string of the molecule is CCn1c(=O)/c(=C\Nc2cccc(N)c2)s/c1=C(/C#N)C(=O)NCC(F)(F)F. The molecule has 0 fully saturated rings. The van der Waals surface area contributed by atoms with Crippen molar-refractivity contribution < 1.29 is 18.0 Å². The first-order chi connectivity index (χ1) is 13.2. The van der Waals surface area contributed by atoms with Gasteiger partial charge in [-0.2, -0.15) is 18.4 Å². The van der Waals surface area contributed by atoms with E-state index in [1.165, 1.54) is 6.20 Å². The number of hydrogen-bond acceptors (Lipinski definition) is 6. The molecule has 0 spiro atoms. The molecule has 11 heteroatoms. The molecule has 4 N–H and O–H groups in total. The lowest BCUT2D eigenvalue weighted by Crippen LogP contribution is -2.37. The monoisotopic (exact) mass is 411 g/mol. The molecule has 1 heterocycles. The van der Waals surface area contributed by atoms with Gasteiger partial charge in [-0.05, 0) is 25.1 Å². The first-order valence-electron chi connectivity index (χ1n) is 7.97. The number of alkyl halides is 3. The molecule has 1 aromatic heterocycles. The molecule has 2 aromatic rings. The number of carbonyl (C=O) groups is 1. The molecule has 0 aliphatic rings. The Balaban J connectivity index is 2.49. The minimum Gasteiger partial charge on any atom is -0.399 e. The summed E-state index contributed by atoms with van der Waals surface area (Å²) in [5.74, 6) is -1.20. The Hall–Kier alpha value is -3.26. The molecule has 0 aliphatic carbocycles. The molecule has 0 atom stereocenters. The van der Waals surface area contributed by atoms with E-state index in [1.54, 1.807) is 42.6 Å². The van der Waals surface area contributed by atoms with Crippen LogP contribution in [0.25, 0.3) is 11.8 Å². The Bertz CT molecular complexity index is 1100. The number of hydrogen-bond donors (Lipinski definition) is 3. The zero-order chi connectivity index (χ0) is 20.9. The second-order valence-electron chi connectivity index (χ2n) is 5.52. The maximum absolute atomic E-state index is 12.5. The van der Waals surface area contributed by atoms with Gasteiger partial charge in [-0.1, -0.05) is 6.07 Å². The fraction of sp³-hybridized carbons (Fsp3) is 0.235. The molecule has 0 saturated carbocycles. The van der Waals surface area contributed by atoms with Crippen LogP contribution in [0.2, 0.25) is 0 Å². The molecule has 2 rings (SSSR count). The van der Waals surface area contributed by atoms with Crippen LogP contribution in [-0.2, 0) is 11.3 Å². The number of aromatic nitrogens is 1. The molecule has 7 nitrogen and oxygen atoms in total. The van der Waals surface area contributed by atoms with Crippen LogP contribution < -0.4 is 31.1 Å². The highest BCUT2D eigenvalue weighted by molar-refractivity contribution is 7.07. The topological polar surface area (TPSA) is 113 Å². The lowest BCUT2D eigenvalue weighted by atomic mass is 10.3. The van der Waals surface area contributed by atoms with Gasteiger partial charge in [0.25, 0.3) is 11.5 Å². The average Bonchev–Trinajstić information content (AvgIpc) is 2.94. The number of nitrogens with two attached hydrogens (primary N) is 1. The molecular weight excluding hydrogens is 395 g/mol. The summed E-state index contributed by atoms with van der Waals surface area (Å²) >= 11 is 0.828. The van der Waals surface area contributed by atoms with Crippen molar-refractivity contribution in [3.63, 3.8) is 0 Å². The van der Waals surface area contributed by atoms with Crippen molar-refractivity contribution in [3.05, 3.63) is 43.8 Å². The second-order valence-corrected chi connectivity index (χ2v) is 6.55. The Morgan fingerprint density at radius 3 is 2.71 bits per heavy atom. The molecule has 0 radical (unpaired) electrons. The fourth-order valence-corrected chi connectivity index (χ4v) is 3.32. The molecule has 0 unspecified atom stereocenters. The highest BCUT2D eigenvalue weighted by atomic mass is 32.1. The number of nitrogen functional groups attached to an aromatic ring is 1. The Kier molecular flexibility index (Phi) is 6.48. The molecule has 0 aliphatic heterocycles. The first-order valence-corrected chi connectivity index (χ1v) is 8.79. The van der Waals surface area contributed by atoms with E-state index in [0.29, 0.717) is 11.4 Å². The molecule has 28 heavy (non-hydrogen) atoms. The van der Waals surface area contributed by atoms with Gasteiger partial charge < -0.3 is 16.4 Å². The van der Waals surface area contributed by atoms with E-state index in [1.807, 2.05) is 0 Å². The summed E-state index contributed by atoms with van der Waals surface area (Å²) in [6, 6.07) is 8.34. The minimum atomic E-state index is -4.61. The number of anilines is 2.